The Labute approximate surface area is 246 Å². The van der Waals surface area contributed by atoms with Crippen LogP contribution >= 0.6 is 0 Å². The Hall–Kier alpha value is -4.17. The van der Waals surface area contributed by atoms with Crippen LogP contribution in [0.1, 0.15) is 60.8 Å². The van der Waals surface area contributed by atoms with Crippen molar-refractivity contribution in [1.29, 1.82) is 0 Å². The number of aliphatic hydroxyl groups is 1. The first-order valence-electron chi connectivity index (χ1n) is 13.4. The van der Waals surface area contributed by atoms with Crippen molar-refractivity contribution in [1.82, 2.24) is 24.2 Å². The quantitative estimate of drug-likeness (QED) is 0.289. The number of nitrogens with one attached hydrogen (secondary N) is 1. The largest absolute Gasteiger partial charge is 0.383 e. The average Bonchev–Trinajstić information content (AvgIpc) is 3.42. The standard InChI is InChI=1S/C29H31FN7O4Si/c1-28(2,40)10-9-24(38)35-15-29(42,13-19(35)14-41-4)37-27(32-3)25(26(31)39)21(34-37)8-5-17-11-22-23(12-20(17)30)36(16-33-22)18-6-7-18/h11-12,16,18-19,32,40H,6-7,13-15H2,1-4H3,(H2,31,39)/t19-,29-/m1/s1. The number of imidazole rings is 1. The lowest BCUT2D eigenvalue weighted by Crippen LogP contribution is -2.41. The Kier molecular flexibility index (Phi) is 7.62. The molecule has 0 spiro atoms. The van der Waals surface area contributed by atoms with Crippen LogP contribution in [0.5, 0.6) is 0 Å². The van der Waals surface area contributed by atoms with E-state index in [1.165, 1.54) is 36.6 Å². The molecule has 4 N–H and O–H groups in total. The zero-order valence-electron chi connectivity index (χ0n) is 23.8. The smallest absolute Gasteiger partial charge is 0.298 e. The van der Waals surface area contributed by atoms with Gasteiger partial charge < -0.3 is 30.4 Å². The molecule has 42 heavy (non-hydrogen) atoms. The molecule has 1 aliphatic heterocycles. The molecule has 1 saturated carbocycles. The van der Waals surface area contributed by atoms with Crippen LogP contribution < -0.4 is 11.1 Å². The number of primary amides is 1. The van der Waals surface area contributed by atoms with Crippen LogP contribution in [0.3, 0.4) is 0 Å². The number of hydrogen-bond acceptors (Lipinski definition) is 7. The van der Waals surface area contributed by atoms with Gasteiger partial charge in [-0.15, -0.1) is 0 Å². The highest BCUT2D eigenvalue weighted by Crippen LogP contribution is 2.38. The van der Waals surface area contributed by atoms with E-state index in [1.54, 1.807) is 19.4 Å². The number of aromatic nitrogens is 4. The third-order valence-electron chi connectivity index (χ3n) is 7.23. The van der Waals surface area contributed by atoms with Crippen LogP contribution in [-0.4, -0.2) is 90.3 Å². The second kappa shape index (κ2) is 10.9. The zero-order chi connectivity index (χ0) is 30.4. The van der Waals surface area contributed by atoms with Crippen molar-refractivity contribution in [2.75, 3.05) is 32.6 Å². The number of carbonyl (C=O) groups excluding carboxylic acids is 2. The summed E-state index contributed by atoms with van der Waals surface area (Å²) >= 11 is 0. The molecule has 11 nitrogen and oxygen atoms in total. The molecule has 2 amide bonds. The number of hydrogen-bond donors (Lipinski definition) is 3. The van der Waals surface area contributed by atoms with Crippen molar-refractivity contribution < 1.29 is 23.8 Å². The molecule has 1 aromatic carbocycles. The number of fused-ring (bicyclic) bond motifs is 1. The highest BCUT2D eigenvalue weighted by atomic mass is 28.1. The second-order valence-electron chi connectivity index (χ2n) is 11.1. The summed E-state index contributed by atoms with van der Waals surface area (Å²) in [6.07, 6.45) is 4.14. The number of methoxy groups -OCH3 is 1. The normalized spacial score (nSPS) is 20.2. The highest BCUT2D eigenvalue weighted by molar-refractivity contribution is 6.15. The summed E-state index contributed by atoms with van der Waals surface area (Å²) < 4.78 is 23.9. The van der Waals surface area contributed by atoms with Gasteiger partial charge in [-0.05, 0) is 51.0 Å². The number of rotatable bonds is 6. The Balaban J connectivity index is 1.53. The van der Waals surface area contributed by atoms with E-state index < -0.39 is 34.4 Å². The van der Waals surface area contributed by atoms with Gasteiger partial charge in [-0.1, -0.05) is 11.8 Å². The van der Waals surface area contributed by atoms with Crippen molar-refractivity contribution in [3.05, 3.63) is 41.1 Å². The van der Waals surface area contributed by atoms with Crippen molar-refractivity contribution in [3.63, 3.8) is 0 Å². The lowest BCUT2D eigenvalue weighted by atomic mass is 10.1. The van der Waals surface area contributed by atoms with Gasteiger partial charge in [-0.25, -0.2) is 14.1 Å². The van der Waals surface area contributed by atoms with Crippen LogP contribution in [0.4, 0.5) is 10.2 Å². The van der Waals surface area contributed by atoms with Crippen molar-refractivity contribution in [2.24, 2.45) is 5.73 Å². The number of benzene rings is 1. The molecule has 2 atom stereocenters. The number of nitrogens with two attached hydrogens (primary N) is 1. The lowest BCUT2D eigenvalue weighted by Gasteiger charge is -2.26. The molecule has 2 aromatic heterocycles. The van der Waals surface area contributed by atoms with Gasteiger partial charge in [0.1, 0.15) is 22.8 Å². The predicted molar refractivity (Wildman–Crippen MR) is 154 cm³/mol. The molecule has 3 heterocycles. The number of halogens is 1. The van der Waals surface area contributed by atoms with Crippen molar-refractivity contribution in [3.8, 4) is 23.7 Å². The van der Waals surface area contributed by atoms with Gasteiger partial charge in [0.15, 0.2) is 5.69 Å². The topological polar surface area (TPSA) is 141 Å². The van der Waals surface area contributed by atoms with Gasteiger partial charge in [-0.2, -0.15) is 5.10 Å². The molecular formula is C29H31FN7O4Si. The number of ether oxygens (including phenoxy) is 1. The summed E-state index contributed by atoms with van der Waals surface area (Å²) in [5.74, 6) is 9.15. The summed E-state index contributed by atoms with van der Waals surface area (Å²) in [7, 11) is 6.95. The summed E-state index contributed by atoms with van der Waals surface area (Å²) in [4.78, 5) is 31.6. The van der Waals surface area contributed by atoms with E-state index in [0.29, 0.717) is 23.5 Å². The van der Waals surface area contributed by atoms with Gasteiger partial charge in [0.05, 0.1) is 51.0 Å². The monoisotopic (exact) mass is 588 g/mol. The zero-order valence-corrected chi connectivity index (χ0v) is 24.8. The molecule has 3 aromatic rings. The molecule has 0 bridgehead atoms. The molecule has 1 saturated heterocycles. The van der Waals surface area contributed by atoms with E-state index in [4.69, 9.17) is 10.5 Å². The molecule has 13 heteroatoms. The van der Waals surface area contributed by atoms with Crippen LogP contribution in [-0.2, 0) is 14.7 Å². The third kappa shape index (κ3) is 5.63. The summed E-state index contributed by atoms with van der Waals surface area (Å²) in [6.45, 7) is 3.29. The number of nitrogens with zero attached hydrogens (tertiary/aromatic N) is 5. The lowest BCUT2D eigenvalue weighted by molar-refractivity contribution is -0.126. The van der Waals surface area contributed by atoms with Crippen LogP contribution in [0.25, 0.3) is 11.0 Å². The molecule has 2 aliphatic rings. The maximum absolute atomic E-state index is 15.1. The predicted octanol–water partition coefficient (Wildman–Crippen LogP) is 1.09. The summed E-state index contributed by atoms with van der Waals surface area (Å²) in [5, 5.41) is 16.5. The maximum Gasteiger partial charge on any atom is 0.298 e. The first kappa shape index (κ1) is 29.3. The Morgan fingerprint density at radius 3 is 2.69 bits per heavy atom. The molecule has 0 unspecified atom stereocenters. The van der Waals surface area contributed by atoms with Gasteiger partial charge >= 0.3 is 0 Å². The Morgan fingerprint density at radius 1 is 1.33 bits per heavy atom. The highest BCUT2D eigenvalue weighted by Gasteiger charge is 2.46. The average molecular weight is 589 g/mol. The van der Waals surface area contributed by atoms with Crippen molar-refractivity contribution >= 4 is 38.9 Å². The van der Waals surface area contributed by atoms with E-state index in [2.05, 4.69) is 49.3 Å². The number of anilines is 1. The molecule has 2 fully saturated rings. The minimum atomic E-state index is -1.34. The van der Waals surface area contributed by atoms with Gasteiger partial charge in [-0.3, -0.25) is 9.59 Å². The number of carbonyl (C=O) groups is 2. The van der Waals surface area contributed by atoms with Gasteiger partial charge in [0.2, 0.25) is 0 Å². The van der Waals surface area contributed by atoms with Crippen LogP contribution in [0.2, 0.25) is 0 Å². The summed E-state index contributed by atoms with van der Waals surface area (Å²) in [6, 6.07) is 2.95. The molecule has 3 radical (unpaired) electrons. The van der Waals surface area contributed by atoms with Gasteiger partial charge in [0, 0.05) is 32.8 Å². The maximum atomic E-state index is 15.1. The fourth-order valence-corrected chi connectivity index (χ4v) is 5.75. The van der Waals surface area contributed by atoms with Gasteiger partial charge in [0.25, 0.3) is 11.8 Å². The van der Waals surface area contributed by atoms with E-state index in [0.717, 1.165) is 12.8 Å². The fourth-order valence-electron chi connectivity index (χ4n) is 5.18. The van der Waals surface area contributed by atoms with E-state index in [-0.39, 0.29) is 35.8 Å². The minimum Gasteiger partial charge on any atom is -0.383 e. The first-order chi connectivity index (χ1) is 19.8. The fraction of sp³-hybridized carbons (Fsp3) is 0.448. The van der Waals surface area contributed by atoms with E-state index >= 15 is 4.39 Å². The third-order valence-corrected chi connectivity index (χ3v) is 7.81. The summed E-state index contributed by atoms with van der Waals surface area (Å²) in [5.41, 5.74) is 5.92. The molecular weight excluding hydrogens is 557 g/mol. The van der Waals surface area contributed by atoms with Crippen molar-refractivity contribution in [2.45, 2.75) is 56.0 Å². The Morgan fingerprint density at radius 2 is 2.07 bits per heavy atom. The first-order valence-corrected chi connectivity index (χ1v) is 13.9. The van der Waals surface area contributed by atoms with E-state index in [1.807, 2.05) is 4.57 Å². The van der Waals surface area contributed by atoms with E-state index in [9.17, 15) is 14.7 Å². The van der Waals surface area contributed by atoms with Crippen LogP contribution in [0, 0.1) is 29.5 Å². The number of amides is 2. The van der Waals surface area contributed by atoms with Crippen LogP contribution in [0.15, 0.2) is 18.5 Å². The molecule has 1 aliphatic carbocycles. The SMILES string of the molecule is CNc1c(C(N)=O)c(C#Cc2cc3ncn(C4CC4)c3cc2F)nn1[C@@]1([Si])C[C@H](COC)N(C(=O)C#CC(C)(C)O)C1. The molecule has 217 valence electrons. The minimum absolute atomic E-state index is 0.0250. The Bertz CT molecular complexity index is 1700. The second-order valence-corrected chi connectivity index (χ2v) is 12.1. The number of likely N-dealkylation sites (tertiary alicyclic amines) is 1. The molecule has 5 rings (SSSR count).